The Morgan fingerprint density at radius 2 is 2.28 bits per heavy atom. The Kier molecular flexibility index (Phi) is 4.28. The van der Waals surface area contributed by atoms with E-state index in [0.717, 1.165) is 6.42 Å². The predicted octanol–water partition coefficient (Wildman–Crippen LogP) is 1.50. The molecule has 0 aliphatic rings. The SMILES string of the molecule is CC(C)CC(C)(CN)Nc1nn(C)cc1[N+](=O)[O-]. The molecule has 0 fully saturated rings. The fraction of sp³-hybridized carbons (Fsp3) is 0.727. The molecule has 0 amide bonds. The fourth-order valence-corrected chi connectivity index (χ4v) is 2.07. The van der Waals surface area contributed by atoms with Gasteiger partial charge in [0.15, 0.2) is 0 Å². The zero-order valence-corrected chi connectivity index (χ0v) is 11.3. The topological polar surface area (TPSA) is 99.0 Å². The van der Waals surface area contributed by atoms with E-state index in [-0.39, 0.29) is 11.5 Å². The maximum Gasteiger partial charge on any atom is 0.330 e. The second kappa shape index (κ2) is 5.34. The quantitative estimate of drug-likeness (QED) is 0.593. The van der Waals surface area contributed by atoms with E-state index < -0.39 is 10.5 Å². The van der Waals surface area contributed by atoms with Gasteiger partial charge in [0.2, 0.25) is 5.82 Å². The molecule has 1 heterocycles. The second-order valence-corrected chi connectivity index (χ2v) is 5.28. The van der Waals surface area contributed by atoms with Crippen LogP contribution >= 0.6 is 0 Å². The summed E-state index contributed by atoms with van der Waals surface area (Å²) in [4.78, 5) is 10.5. The van der Waals surface area contributed by atoms with Gasteiger partial charge in [-0.05, 0) is 19.3 Å². The van der Waals surface area contributed by atoms with Crippen molar-refractivity contribution in [3.05, 3.63) is 16.3 Å². The summed E-state index contributed by atoms with van der Waals surface area (Å²) in [5.74, 6) is 0.713. The highest BCUT2D eigenvalue weighted by Gasteiger charge is 2.29. The molecular formula is C11H21N5O2. The molecule has 7 nitrogen and oxygen atoms in total. The van der Waals surface area contributed by atoms with Gasteiger partial charge in [-0.1, -0.05) is 13.8 Å². The standard InChI is InChI=1S/C11H21N5O2/c1-8(2)5-11(3,7-12)13-10-9(16(17)18)6-15(4)14-10/h6,8H,5,7,12H2,1-4H3,(H,13,14). The first-order valence-electron chi connectivity index (χ1n) is 5.93. The van der Waals surface area contributed by atoms with E-state index in [1.165, 1.54) is 10.9 Å². The summed E-state index contributed by atoms with van der Waals surface area (Å²) in [6.45, 7) is 6.51. The number of aryl methyl sites for hydroxylation is 1. The van der Waals surface area contributed by atoms with Gasteiger partial charge in [0, 0.05) is 19.1 Å². The fourth-order valence-electron chi connectivity index (χ4n) is 2.07. The van der Waals surface area contributed by atoms with Crippen LogP contribution in [0.1, 0.15) is 27.2 Å². The van der Waals surface area contributed by atoms with Crippen LogP contribution in [0.3, 0.4) is 0 Å². The van der Waals surface area contributed by atoms with Gasteiger partial charge >= 0.3 is 5.69 Å². The molecule has 3 N–H and O–H groups in total. The van der Waals surface area contributed by atoms with Crippen molar-refractivity contribution >= 4 is 11.5 Å². The van der Waals surface area contributed by atoms with Gasteiger partial charge in [0.05, 0.1) is 4.92 Å². The maximum atomic E-state index is 10.9. The number of hydrogen-bond donors (Lipinski definition) is 2. The summed E-state index contributed by atoms with van der Waals surface area (Å²) in [7, 11) is 1.65. The lowest BCUT2D eigenvalue weighted by Gasteiger charge is -2.30. The Hall–Kier alpha value is -1.63. The monoisotopic (exact) mass is 255 g/mol. The van der Waals surface area contributed by atoms with Crippen molar-refractivity contribution in [1.82, 2.24) is 9.78 Å². The molecule has 0 saturated carbocycles. The Balaban J connectivity index is 2.97. The number of rotatable bonds is 6. The van der Waals surface area contributed by atoms with Crippen LogP contribution in [0.4, 0.5) is 11.5 Å². The lowest BCUT2D eigenvalue weighted by molar-refractivity contribution is -0.384. The summed E-state index contributed by atoms with van der Waals surface area (Å²) in [5, 5.41) is 18.1. The van der Waals surface area contributed by atoms with Crippen molar-refractivity contribution < 1.29 is 4.92 Å². The zero-order valence-electron chi connectivity index (χ0n) is 11.3. The molecule has 1 aromatic rings. The van der Waals surface area contributed by atoms with E-state index in [9.17, 15) is 10.1 Å². The summed E-state index contributed by atoms with van der Waals surface area (Å²) in [6, 6.07) is 0. The minimum absolute atomic E-state index is 0.0269. The number of nitrogens with two attached hydrogens (primary N) is 1. The number of nitrogens with zero attached hydrogens (tertiary/aromatic N) is 3. The Bertz CT molecular complexity index is 429. The van der Waals surface area contributed by atoms with Gasteiger partial charge in [0.25, 0.3) is 0 Å². The number of hydrogen-bond acceptors (Lipinski definition) is 5. The Labute approximate surface area is 107 Å². The summed E-state index contributed by atoms with van der Waals surface area (Å²) < 4.78 is 1.42. The van der Waals surface area contributed by atoms with Crippen molar-refractivity contribution in [2.24, 2.45) is 18.7 Å². The van der Waals surface area contributed by atoms with Crippen LogP contribution in [0.25, 0.3) is 0 Å². The smallest absolute Gasteiger partial charge is 0.330 e. The van der Waals surface area contributed by atoms with E-state index in [1.807, 2.05) is 6.92 Å². The minimum atomic E-state index is -0.443. The summed E-state index contributed by atoms with van der Waals surface area (Å²) in [5.41, 5.74) is 5.35. The third kappa shape index (κ3) is 3.43. The summed E-state index contributed by atoms with van der Waals surface area (Å²) >= 11 is 0. The van der Waals surface area contributed by atoms with Gasteiger partial charge in [0.1, 0.15) is 6.20 Å². The first kappa shape index (κ1) is 14.4. The van der Waals surface area contributed by atoms with E-state index in [0.29, 0.717) is 12.5 Å². The molecule has 7 heteroatoms. The van der Waals surface area contributed by atoms with Crippen LogP contribution in [0.15, 0.2) is 6.20 Å². The van der Waals surface area contributed by atoms with E-state index in [2.05, 4.69) is 24.3 Å². The molecule has 0 aliphatic heterocycles. The van der Waals surface area contributed by atoms with Crippen LogP contribution in [0, 0.1) is 16.0 Å². The van der Waals surface area contributed by atoms with Gasteiger partial charge in [-0.3, -0.25) is 14.8 Å². The molecule has 0 bridgehead atoms. The van der Waals surface area contributed by atoms with Crippen LogP contribution < -0.4 is 11.1 Å². The Morgan fingerprint density at radius 3 is 2.72 bits per heavy atom. The van der Waals surface area contributed by atoms with Crippen molar-refractivity contribution in [2.75, 3.05) is 11.9 Å². The lowest BCUT2D eigenvalue weighted by atomic mass is 9.91. The highest BCUT2D eigenvalue weighted by Crippen LogP contribution is 2.27. The molecule has 0 saturated heterocycles. The Morgan fingerprint density at radius 1 is 1.67 bits per heavy atom. The number of aromatic nitrogens is 2. The predicted molar refractivity (Wildman–Crippen MR) is 70.4 cm³/mol. The average molecular weight is 255 g/mol. The molecule has 1 atom stereocenters. The number of nitrogens with one attached hydrogen (secondary N) is 1. The van der Waals surface area contributed by atoms with Gasteiger partial charge in [-0.15, -0.1) is 5.10 Å². The molecule has 1 unspecified atom stereocenters. The normalized spacial score (nSPS) is 14.6. The molecule has 0 aromatic carbocycles. The maximum absolute atomic E-state index is 10.9. The van der Waals surface area contributed by atoms with E-state index in [1.54, 1.807) is 7.05 Å². The lowest BCUT2D eigenvalue weighted by Crippen LogP contribution is -2.43. The van der Waals surface area contributed by atoms with Crippen LogP contribution in [0.2, 0.25) is 0 Å². The molecule has 1 aromatic heterocycles. The zero-order chi connectivity index (χ0) is 13.9. The largest absolute Gasteiger partial charge is 0.356 e. The van der Waals surface area contributed by atoms with E-state index >= 15 is 0 Å². The third-order valence-corrected chi connectivity index (χ3v) is 2.74. The second-order valence-electron chi connectivity index (χ2n) is 5.28. The van der Waals surface area contributed by atoms with E-state index in [4.69, 9.17) is 5.73 Å². The van der Waals surface area contributed by atoms with Crippen molar-refractivity contribution in [2.45, 2.75) is 32.7 Å². The molecular weight excluding hydrogens is 234 g/mol. The third-order valence-electron chi connectivity index (χ3n) is 2.74. The van der Waals surface area contributed by atoms with Gasteiger partial charge in [-0.2, -0.15) is 0 Å². The molecule has 0 radical (unpaired) electrons. The molecule has 18 heavy (non-hydrogen) atoms. The summed E-state index contributed by atoms with van der Waals surface area (Å²) in [6.07, 6.45) is 2.20. The highest BCUT2D eigenvalue weighted by atomic mass is 16.6. The molecule has 102 valence electrons. The van der Waals surface area contributed by atoms with Gasteiger partial charge in [-0.25, -0.2) is 0 Å². The molecule has 1 rings (SSSR count). The number of anilines is 1. The first-order chi connectivity index (χ1) is 8.27. The van der Waals surface area contributed by atoms with Crippen molar-refractivity contribution in [3.63, 3.8) is 0 Å². The minimum Gasteiger partial charge on any atom is -0.356 e. The van der Waals surface area contributed by atoms with Gasteiger partial charge < -0.3 is 11.1 Å². The van der Waals surface area contributed by atoms with Crippen molar-refractivity contribution in [1.29, 1.82) is 0 Å². The molecule has 0 aliphatic carbocycles. The average Bonchev–Trinajstić information content (AvgIpc) is 2.58. The first-order valence-corrected chi connectivity index (χ1v) is 5.93. The number of nitro groups is 1. The van der Waals surface area contributed by atoms with Crippen LogP contribution in [0.5, 0.6) is 0 Å². The molecule has 0 spiro atoms. The highest BCUT2D eigenvalue weighted by molar-refractivity contribution is 5.56. The van der Waals surface area contributed by atoms with Crippen LogP contribution in [-0.2, 0) is 7.05 Å². The van der Waals surface area contributed by atoms with Crippen molar-refractivity contribution in [3.8, 4) is 0 Å². The van der Waals surface area contributed by atoms with Crippen LogP contribution in [-0.4, -0.2) is 26.8 Å².